The summed E-state index contributed by atoms with van der Waals surface area (Å²) in [5.74, 6) is -1.93. The Kier molecular flexibility index (Phi) is 4.62. The van der Waals surface area contributed by atoms with Gasteiger partial charge >= 0.3 is 6.03 Å². The van der Waals surface area contributed by atoms with Gasteiger partial charge in [-0.25, -0.2) is 9.18 Å². The molecule has 2 N–H and O–H groups in total. The van der Waals surface area contributed by atoms with Crippen LogP contribution in [0.5, 0.6) is 0 Å². The first-order valence-electron chi connectivity index (χ1n) is 6.22. The van der Waals surface area contributed by atoms with Gasteiger partial charge in [-0.3, -0.25) is 0 Å². The average Bonchev–Trinajstić information content (AvgIpc) is 2.45. The second kappa shape index (κ2) is 6.44. The maximum absolute atomic E-state index is 13.0. The molecule has 7 heteroatoms. The molecule has 0 aliphatic heterocycles. The maximum atomic E-state index is 13.0. The van der Waals surface area contributed by atoms with E-state index in [1.54, 1.807) is 13.0 Å². The van der Waals surface area contributed by atoms with Crippen LogP contribution in [0.2, 0.25) is 5.02 Å². The summed E-state index contributed by atoms with van der Waals surface area (Å²) in [5, 5.41) is 15.7. The van der Waals surface area contributed by atoms with E-state index in [1.807, 2.05) is 0 Å². The van der Waals surface area contributed by atoms with Crippen LogP contribution in [0.4, 0.5) is 20.6 Å². The minimum Gasteiger partial charge on any atom is -0.545 e. The first-order chi connectivity index (χ1) is 10.4. The zero-order chi connectivity index (χ0) is 16.3. The Morgan fingerprint density at radius 1 is 1.14 bits per heavy atom. The summed E-state index contributed by atoms with van der Waals surface area (Å²) in [7, 11) is 0. The largest absolute Gasteiger partial charge is 0.545 e. The number of urea groups is 1. The molecule has 114 valence electrons. The number of carboxylic acids is 1. The van der Waals surface area contributed by atoms with Crippen LogP contribution in [0.15, 0.2) is 36.4 Å². The molecule has 2 aromatic rings. The zero-order valence-corrected chi connectivity index (χ0v) is 12.2. The molecule has 0 radical (unpaired) electrons. The van der Waals surface area contributed by atoms with Crippen molar-refractivity contribution in [3.63, 3.8) is 0 Å². The van der Waals surface area contributed by atoms with Crippen LogP contribution < -0.4 is 15.7 Å². The standard InChI is InChI=1S/C15H12ClFN2O3/c1-8-2-3-9(14(20)21)6-13(8)19-15(22)18-10-4-5-12(17)11(16)7-10/h2-7H,1H3,(H,20,21)(H2,18,19,22)/p-1. The number of halogens is 2. The molecule has 22 heavy (non-hydrogen) atoms. The van der Waals surface area contributed by atoms with Crippen molar-refractivity contribution in [1.29, 1.82) is 0 Å². The maximum Gasteiger partial charge on any atom is 0.323 e. The van der Waals surface area contributed by atoms with Gasteiger partial charge in [0.05, 0.1) is 11.0 Å². The Balaban J connectivity index is 2.13. The molecule has 0 atom stereocenters. The number of amides is 2. The highest BCUT2D eigenvalue weighted by Gasteiger charge is 2.08. The first-order valence-corrected chi connectivity index (χ1v) is 6.59. The quantitative estimate of drug-likeness (QED) is 0.912. The molecule has 0 heterocycles. The lowest BCUT2D eigenvalue weighted by atomic mass is 10.1. The molecule has 0 bridgehead atoms. The lowest BCUT2D eigenvalue weighted by Gasteiger charge is -2.12. The van der Waals surface area contributed by atoms with Crippen molar-refractivity contribution >= 4 is 35.0 Å². The number of carbonyl (C=O) groups is 2. The number of carboxylic acid groups (broad SMARTS) is 1. The highest BCUT2D eigenvalue weighted by molar-refractivity contribution is 6.31. The van der Waals surface area contributed by atoms with Crippen LogP contribution in [0.1, 0.15) is 15.9 Å². The van der Waals surface area contributed by atoms with Gasteiger partial charge in [0.25, 0.3) is 0 Å². The third kappa shape index (κ3) is 3.73. The average molecular weight is 322 g/mol. The van der Waals surface area contributed by atoms with Gasteiger partial charge in [0.1, 0.15) is 5.82 Å². The van der Waals surface area contributed by atoms with E-state index in [0.29, 0.717) is 16.9 Å². The number of hydrogen-bond acceptors (Lipinski definition) is 3. The second-order valence-electron chi connectivity index (χ2n) is 4.53. The zero-order valence-electron chi connectivity index (χ0n) is 11.4. The van der Waals surface area contributed by atoms with Gasteiger partial charge in [-0.15, -0.1) is 0 Å². The topological polar surface area (TPSA) is 81.3 Å². The normalized spacial score (nSPS) is 10.1. The Labute approximate surface area is 130 Å². The number of aryl methyl sites for hydroxylation is 1. The second-order valence-corrected chi connectivity index (χ2v) is 4.93. The molecule has 0 spiro atoms. The summed E-state index contributed by atoms with van der Waals surface area (Å²) in [5.41, 5.74) is 1.26. The summed E-state index contributed by atoms with van der Waals surface area (Å²) in [4.78, 5) is 22.7. The van der Waals surface area contributed by atoms with Gasteiger partial charge in [0, 0.05) is 11.4 Å². The minimum atomic E-state index is -1.34. The number of aromatic carboxylic acids is 1. The molecule has 2 amide bonds. The fourth-order valence-electron chi connectivity index (χ4n) is 1.74. The third-order valence-corrected chi connectivity index (χ3v) is 3.19. The van der Waals surface area contributed by atoms with Crippen molar-refractivity contribution in [1.82, 2.24) is 0 Å². The summed E-state index contributed by atoms with van der Waals surface area (Å²) in [6, 6.07) is 7.36. The Bertz CT molecular complexity index is 750. The first kappa shape index (κ1) is 15.8. The summed E-state index contributed by atoms with van der Waals surface area (Å²) in [6.07, 6.45) is 0. The SMILES string of the molecule is Cc1ccc(C(=O)[O-])cc1NC(=O)Nc1ccc(F)c(Cl)c1. The van der Waals surface area contributed by atoms with Crippen LogP contribution in [0.25, 0.3) is 0 Å². The van der Waals surface area contributed by atoms with Crippen molar-refractivity contribution in [2.24, 2.45) is 0 Å². The molecule has 5 nitrogen and oxygen atoms in total. The minimum absolute atomic E-state index is 0.0503. The fraction of sp³-hybridized carbons (Fsp3) is 0.0667. The number of carbonyl (C=O) groups excluding carboxylic acids is 2. The summed E-state index contributed by atoms with van der Waals surface area (Å²) in [6.45, 7) is 1.71. The molecule has 0 saturated heterocycles. The lowest BCUT2D eigenvalue weighted by Crippen LogP contribution is -2.23. The smallest absolute Gasteiger partial charge is 0.323 e. The molecular weight excluding hydrogens is 311 g/mol. The molecule has 0 saturated carbocycles. The van der Waals surface area contributed by atoms with Gasteiger partial charge < -0.3 is 20.5 Å². The van der Waals surface area contributed by atoms with Crippen molar-refractivity contribution in [2.75, 3.05) is 10.6 Å². The number of anilines is 2. The van der Waals surface area contributed by atoms with E-state index in [9.17, 15) is 19.1 Å². The van der Waals surface area contributed by atoms with E-state index in [2.05, 4.69) is 10.6 Å². The number of benzene rings is 2. The number of nitrogens with one attached hydrogen (secondary N) is 2. The Morgan fingerprint density at radius 3 is 2.50 bits per heavy atom. The fourth-order valence-corrected chi connectivity index (χ4v) is 1.92. The third-order valence-electron chi connectivity index (χ3n) is 2.90. The van der Waals surface area contributed by atoms with E-state index in [-0.39, 0.29) is 10.6 Å². The molecular formula is C15H11ClFN2O3-. The van der Waals surface area contributed by atoms with E-state index in [1.165, 1.54) is 24.3 Å². The molecule has 0 aliphatic carbocycles. The van der Waals surface area contributed by atoms with Crippen LogP contribution in [-0.2, 0) is 0 Å². The van der Waals surface area contributed by atoms with Gasteiger partial charge in [-0.1, -0.05) is 23.7 Å². The van der Waals surface area contributed by atoms with E-state index in [0.717, 1.165) is 6.07 Å². The van der Waals surface area contributed by atoms with E-state index < -0.39 is 17.8 Å². The Morgan fingerprint density at radius 2 is 1.86 bits per heavy atom. The van der Waals surface area contributed by atoms with Crippen molar-refractivity contribution in [3.8, 4) is 0 Å². The highest BCUT2D eigenvalue weighted by Crippen LogP contribution is 2.20. The van der Waals surface area contributed by atoms with Crippen molar-refractivity contribution in [2.45, 2.75) is 6.92 Å². The summed E-state index contributed by atoms with van der Waals surface area (Å²) < 4.78 is 13.0. The molecule has 0 fully saturated rings. The lowest BCUT2D eigenvalue weighted by molar-refractivity contribution is -0.255. The van der Waals surface area contributed by atoms with Crippen LogP contribution >= 0.6 is 11.6 Å². The molecule has 0 unspecified atom stereocenters. The van der Waals surface area contributed by atoms with Crippen molar-refractivity contribution < 1.29 is 19.1 Å². The van der Waals surface area contributed by atoms with E-state index in [4.69, 9.17) is 11.6 Å². The molecule has 0 aromatic heterocycles. The highest BCUT2D eigenvalue weighted by atomic mass is 35.5. The van der Waals surface area contributed by atoms with Gasteiger partial charge in [-0.2, -0.15) is 0 Å². The predicted octanol–water partition coefficient (Wildman–Crippen LogP) is 2.80. The number of hydrogen-bond donors (Lipinski definition) is 2. The molecule has 2 rings (SSSR count). The summed E-state index contributed by atoms with van der Waals surface area (Å²) >= 11 is 5.62. The number of rotatable bonds is 3. The monoisotopic (exact) mass is 321 g/mol. The molecule has 2 aromatic carbocycles. The Hall–Kier alpha value is -2.60. The molecule has 0 aliphatic rings. The van der Waals surface area contributed by atoms with E-state index >= 15 is 0 Å². The van der Waals surface area contributed by atoms with Crippen LogP contribution in [0.3, 0.4) is 0 Å². The van der Waals surface area contributed by atoms with Crippen LogP contribution in [-0.4, -0.2) is 12.0 Å². The van der Waals surface area contributed by atoms with Crippen molar-refractivity contribution in [3.05, 3.63) is 58.4 Å². The van der Waals surface area contributed by atoms with Gasteiger partial charge in [0.2, 0.25) is 0 Å². The predicted molar refractivity (Wildman–Crippen MR) is 79.6 cm³/mol. The van der Waals surface area contributed by atoms with Crippen LogP contribution in [0, 0.1) is 12.7 Å². The van der Waals surface area contributed by atoms with Gasteiger partial charge in [-0.05, 0) is 42.3 Å². The van der Waals surface area contributed by atoms with Gasteiger partial charge in [0.15, 0.2) is 0 Å².